The van der Waals surface area contributed by atoms with Gasteiger partial charge in [-0.05, 0) is 61.1 Å². The molecule has 0 radical (unpaired) electrons. The molecule has 2 aliphatic carbocycles. The van der Waals surface area contributed by atoms with Crippen LogP contribution in [0.25, 0.3) is 0 Å². The highest BCUT2D eigenvalue weighted by Crippen LogP contribution is 2.50. The van der Waals surface area contributed by atoms with Gasteiger partial charge in [-0.1, -0.05) is 18.6 Å². The van der Waals surface area contributed by atoms with Gasteiger partial charge in [-0.15, -0.1) is 0 Å². The molecule has 1 aromatic carbocycles. The molecule has 2 bridgehead atoms. The predicted molar refractivity (Wildman–Crippen MR) is 69.7 cm³/mol. The fraction of sp³-hybridized carbons (Fsp3) is 0.562. The van der Waals surface area contributed by atoms with Gasteiger partial charge in [0, 0.05) is 0 Å². The van der Waals surface area contributed by atoms with Crippen molar-refractivity contribution in [3.05, 3.63) is 35.4 Å². The van der Waals surface area contributed by atoms with Crippen LogP contribution >= 0.6 is 0 Å². The largest absolute Gasteiger partial charge is 0.388 e. The normalized spacial score (nSPS) is 31.2. The molecule has 0 saturated heterocycles. The van der Waals surface area contributed by atoms with Crippen molar-refractivity contribution in [1.82, 2.24) is 0 Å². The van der Waals surface area contributed by atoms with Crippen LogP contribution in [0.15, 0.2) is 24.3 Å². The molecule has 2 nitrogen and oxygen atoms in total. The Bertz CT molecular complexity index is 476. The Hall–Kier alpha value is -1.33. The summed E-state index contributed by atoms with van der Waals surface area (Å²) in [4.78, 5) is 0. The fourth-order valence-electron chi connectivity index (χ4n) is 3.90. The molecule has 4 atom stereocenters. The molecule has 0 amide bonds. The third-order valence-electron chi connectivity index (χ3n) is 4.81. The van der Waals surface area contributed by atoms with Gasteiger partial charge in [-0.25, -0.2) is 0 Å². The molecule has 2 heteroatoms. The second-order valence-corrected chi connectivity index (χ2v) is 5.92. The second kappa shape index (κ2) is 4.74. The van der Waals surface area contributed by atoms with Crippen molar-refractivity contribution < 1.29 is 5.11 Å². The maximum atomic E-state index is 10.3. The maximum Gasteiger partial charge on any atom is 0.0991 e. The molecule has 0 heterocycles. The lowest BCUT2D eigenvalue weighted by atomic mass is 9.83. The van der Waals surface area contributed by atoms with Crippen LogP contribution in [0, 0.1) is 29.1 Å². The summed E-state index contributed by atoms with van der Waals surface area (Å²) < 4.78 is 0. The summed E-state index contributed by atoms with van der Waals surface area (Å²) in [5.41, 5.74) is 1.54. The van der Waals surface area contributed by atoms with Gasteiger partial charge in [0.05, 0.1) is 17.7 Å². The first-order chi connectivity index (χ1) is 8.76. The smallest absolute Gasteiger partial charge is 0.0991 e. The zero-order chi connectivity index (χ0) is 12.5. The number of hydrogen-bond donors (Lipinski definition) is 1. The van der Waals surface area contributed by atoms with Crippen molar-refractivity contribution in [1.29, 1.82) is 5.26 Å². The van der Waals surface area contributed by atoms with Gasteiger partial charge in [0.25, 0.3) is 0 Å². The molecule has 4 unspecified atom stereocenters. The lowest BCUT2D eigenvalue weighted by molar-refractivity contribution is 0.125. The minimum Gasteiger partial charge on any atom is -0.388 e. The molecular formula is C16H19NO. The van der Waals surface area contributed by atoms with E-state index in [1.165, 1.54) is 25.7 Å². The lowest BCUT2D eigenvalue weighted by Crippen LogP contribution is -2.14. The average molecular weight is 241 g/mol. The molecule has 2 aliphatic rings. The minimum atomic E-state index is -0.400. The quantitative estimate of drug-likeness (QED) is 0.881. The summed E-state index contributed by atoms with van der Waals surface area (Å²) in [6, 6.07) is 9.52. The van der Waals surface area contributed by atoms with E-state index in [0.29, 0.717) is 11.5 Å². The van der Waals surface area contributed by atoms with Crippen LogP contribution in [0.5, 0.6) is 0 Å². The summed E-state index contributed by atoms with van der Waals surface area (Å²) in [7, 11) is 0. The topological polar surface area (TPSA) is 44.0 Å². The summed E-state index contributed by atoms with van der Waals surface area (Å²) in [6.45, 7) is 0. The highest BCUT2D eigenvalue weighted by Gasteiger charge is 2.40. The van der Waals surface area contributed by atoms with Crippen LogP contribution in [-0.2, 0) is 0 Å². The van der Waals surface area contributed by atoms with Gasteiger partial charge in [0.1, 0.15) is 0 Å². The highest BCUT2D eigenvalue weighted by molar-refractivity contribution is 5.33. The van der Waals surface area contributed by atoms with Crippen LogP contribution in [-0.4, -0.2) is 5.11 Å². The zero-order valence-corrected chi connectivity index (χ0v) is 10.5. The van der Waals surface area contributed by atoms with E-state index in [-0.39, 0.29) is 0 Å². The van der Waals surface area contributed by atoms with Gasteiger partial charge in [0.15, 0.2) is 0 Å². The Labute approximate surface area is 108 Å². The van der Waals surface area contributed by atoms with Gasteiger partial charge < -0.3 is 5.11 Å². The van der Waals surface area contributed by atoms with Crippen molar-refractivity contribution >= 4 is 0 Å². The molecule has 94 valence electrons. The molecule has 18 heavy (non-hydrogen) atoms. The summed E-state index contributed by atoms with van der Waals surface area (Å²) in [5, 5.41) is 19.2. The number of hydrogen-bond acceptors (Lipinski definition) is 2. The number of benzene rings is 1. The zero-order valence-electron chi connectivity index (χ0n) is 10.5. The third kappa shape index (κ3) is 2.15. The molecule has 0 aromatic heterocycles. The Morgan fingerprint density at radius 2 is 2.22 bits per heavy atom. The number of rotatable bonds is 3. The first-order valence-corrected chi connectivity index (χ1v) is 6.94. The monoisotopic (exact) mass is 241 g/mol. The Balaban J connectivity index is 1.67. The second-order valence-electron chi connectivity index (χ2n) is 5.92. The van der Waals surface area contributed by atoms with Crippen molar-refractivity contribution in [3.8, 4) is 6.07 Å². The molecule has 3 rings (SSSR count). The van der Waals surface area contributed by atoms with Gasteiger partial charge >= 0.3 is 0 Å². The Morgan fingerprint density at radius 3 is 2.89 bits per heavy atom. The van der Waals surface area contributed by atoms with E-state index in [1.807, 2.05) is 18.2 Å². The first kappa shape index (κ1) is 11.7. The van der Waals surface area contributed by atoms with E-state index in [0.717, 1.165) is 23.8 Å². The van der Waals surface area contributed by atoms with Crippen LogP contribution in [0.2, 0.25) is 0 Å². The van der Waals surface area contributed by atoms with E-state index < -0.39 is 6.10 Å². The van der Waals surface area contributed by atoms with Gasteiger partial charge in [-0.3, -0.25) is 0 Å². The van der Waals surface area contributed by atoms with E-state index >= 15 is 0 Å². The third-order valence-corrected chi connectivity index (χ3v) is 4.81. The van der Waals surface area contributed by atoms with Crippen molar-refractivity contribution in [3.63, 3.8) is 0 Å². The first-order valence-electron chi connectivity index (χ1n) is 6.94. The van der Waals surface area contributed by atoms with E-state index in [9.17, 15) is 5.11 Å². The van der Waals surface area contributed by atoms with Crippen LogP contribution in [0.3, 0.4) is 0 Å². The van der Waals surface area contributed by atoms with E-state index in [1.54, 1.807) is 6.07 Å². The van der Waals surface area contributed by atoms with Crippen molar-refractivity contribution in [2.45, 2.75) is 38.2 Å². The average Bonchev–Trinajstić information content (AvgIpc) is 3.01. The summed E-state index contributed by atoms with van der Waals surface area (Å²) >= 11 is 0. The standard InChI is InChI=1S/C16H19NO/c17-10-12-2-1-3-14(8-12)16(18)9-15-7-11-4-5-13(15)6-11/h1-3,8,11,13,15-16,18H,4-7,9H2. The summed E-state index contributed by atoms with van der Waals surface area (Å²) in [5.74, 6) is 2.48. The number of fused-ring (bicyclic) bond motifs is 2. The van der Waals surface area contributed by atoms with Gasteiger partial charge in [-0.2, -0.15) is 5.26 Å². The number of aliphatic hydroxyl groups excluding tert-OH is 1. The molecule has 1 aromatic rings. The predicted octanol–water partition coefficient (Wildman–Crippen LogP) is 3.42. The summed E-state index contributed by atoms with van der Waals surface area (Å²) in [6.07, 6.45) is 5.93. The van der Waals surface area contributed by atoms with Crippen LogP contribution in [0.1, 0.15) is 49.3 Å². The van der Waals surface area contributed by atoms with E-state index in [2.05, 4.69) is 6.07 Å². The number of nitrogens with zero attached hydrogens (tertiary/aromatic N) is 1. The number of nitriles is 1. The van der Waals surface area contributed by atoms with Crippen molar-refractivity contribution in [2.75, 3.05) is 0 Å². The van der Waals surface area contributed by atoms with Crippen LogP contribution in [0.4, 0.5) is 0 Å². The Kier molecular flexibility index (Phi) is 3.09. The molecule has 0 aliphatic heterocycles. The Morgan fingerprint density at radius 1 is 1.33 bits per heavy atom. The van der Waals surface area contributed by atoms with Gasteiger partial charge in [0.2, 0.25) is 0 Å². The lowest BCUT2D eigenvalue weighted by Gasteiger charge is -2.24. The van der Waals surface area contributed by atoms with Crippen molar-refractivity contribution in [2.24, 2.45) is 17.8 Å². The SMILES string of the molecule is N#Cc1cccc(C(O)CC2CC3CCC2C3)c1. The van der Waals surface area contributed by atoms with Crippen LogP contribution < -0.4 is 0 Å². The molecule has 2 fully saturated rings. The minimum absolute atomic E-state index is 0.400. The maximum absolute atomic E-state index is 10.3. The molecule has 2 saturated carbocycles. The molecule has 1 N–H and O–H groups in total. The fourth-order valence-corrected chi connectivity index (χ4v) is 3.90. The van der Waals surface area contributed by atoms with E-state index in [4.69, 9.17) is 5.26 Å². The molecule has 0 spiro atoms. The molecular weight excluding hydrogens is 222 g/mol. The highest BCUT2D eigenvalue weighted by atomic mass is 16.3. The number of aliphatic hydroxyl groups is 1.